The van der Waals surface area contributed by atoms with Crippen LogP contribution in [0.4, 0.5) is 4.39 Å². The number of nitrogens with zero attached hydrogens (tertiary/aromatic N) is 1. The molecule has 0 atom stereocenters. The number of halogens is 1. The summed E-state index contributed by atoms with van der Waals surface area (Å²) in [5, 5.41) is 6.50. The summed E-state index contributed by atoms with van der Waals surface area (Å²) in [5.74, 6) is -0.762. The molecule has 0 radical (unpaired) electrons. The Morgan fingerprint density at radius 1 is 1.37 bits per heavy atom. The van der Waals surface area contributed by atoms with E-state index in [-0.39, 0.29) is 11.4 Å². The van der Waals surface area contributed by atoms with Gasteiger partial charge < -0.3 is 0 Å². The smallest absolute Gasteiger partial charge is 0.243 e. The van der Waals surface area contributed by atoms with E-state index in [1.165, 1.54) is 18.3 Å². The van der Waals surface area contributed by atoms with Gasteiger partial charge in [0.15, 0.2) is 0 Å². The van der Waals surface area contributed by atoms with Crippen LogP contribution in [0.1, 0.15) is 16.8 Å². The molecule has 1 aromatic carbocycles. The average molecular weight is 283 g/mol. The van der Waals surface area contributed by atoms with Gasteiger partial charge in [-0.15, -0.1) is 0 Å². The van der Waals surface area contributed by atoms with Gasteiger partial charge in [0.1, 0.15) is 10.7 Å². The minimum absolute atomic E-state index is 0.0675. The number of sulfonamides is 1. The van der Waals surface area contributed by atoms with Crippen LogP contribution in [0.15, 0.2) is 29.3 Å². The molecule has 7 heteroatoms. The average Bonchev–Trinajstić information content (AvgIpc) is 2.75. The van der Waals surface area contributed by atoms with Crippen LogP contribution < -0.4 is 4.72 Å². The first-order valence-electron chi connectivity index (χ1n) is 5.65. The zero-order valence-corrected chi connectivity index (χ0v) is 11.4. The highest BCUT2D eigenvalue weighted by Crippen LogP contribution is 2.16. The number of hydrogen-bond acceptors (Lipinski definition) is 3. The van der Waals surface area contributed by atoms with Crippen molar-refractivity contribution in [1.82, 2.24) is 14.9 Å². The summed E-state index contributed by atoms with van der Waals surface area (Å²) >= 11 is 0. The van der Waals surface area contributed by atoms with Gasteiger partial charge in [-0.1, -0.05) is 6.07 Å². The van der Waals surface area contributed by atoms with E-state index in [2.05, 4.69) is 14.9 Å². The number of benzene rings is 1. The zero-order valence-electron chi connectivity index (χ0n) is 10.6. The van der Waals surface area contributed by atoms with Crippen LogP contribution in [0.25, 0.3) is 0 Å². The summed E-state index contributed by atoms with van der Waals surface area (Å²) in [6, 6.07) is 3.97. The highest BCUT2D eigenvalue weighted by molar-refractivity contribution is 7.89. The Kier molecular flexibility index (Phi) is 3.68. The van der Waals surface area contributed by atoms with Crippen molar-refractivity contribution in [3.05, 3.63) is 47.0 Å². The van der Waals surface area contributed by atoms with Crippen molar-refractivity contribution < 1.29 is 12.8 Å². The second-order valence-electron chi connectivity index (χ2n) is 4.28. The predicted octanol–water partition coefficient (Wildman–Crippen LogP) is 1.64. The first-order chi connectivity index (χ1) is 8.90. The van der Waals surface area contributed by atoms with Gasteiger partial charge in [0.05, 0.1) is 6.20 Å². The lowest BCUT2D eigenvalue weighted by Gasteiger charge is -2.08. The fourth-order valence-corrected chi connectivity index (χ4v) is 2.79. The van der Waals surface area contributed by atoms with E-state index in [0.717, 1.165) is 17.3 Å². The van der Waals surface area contributed by atoms with Gasteiger partial charge in [-0.3, -0.25) is 5.10 Å². The third-order valence-electron chi connectivity index (χ3n) is 2.76. The summed E-state index contributed by atoms with van der Waals surface area (Å²) in [4.78, 5) is -0.339. The third kappa shape index (κ3) is 2.99. The van der Waals surface area contributed by atoms with Gasteiger partial charge in [-0.25, -0.2) is 17.5 Å². The molecule has 0 saturated heterocycles. The molecule has 0 saturated carbocycles. The van der Waals surface area contributed by atoms with Crippen LogP contribution >= 0.6 is 0 Å². The SMILES string of the molecule is Cc1ccc(F)c(S(=O)(=O)NCc2cn[nH]c2C)c1. The molecular weight excluding hydrogens is 269 g/mol. The Bertz CT molecular complexity index is 695. The number of hydrogen-bond donors (Lipinski definition) is 2. The van der Waals surface area contributed by atoms with Gasteiger partial charge in [0, 0.05) is 17.8 Å². The molecule has 19 heavy (non-hydrogen) atoms. The molecule has 2 aromatic rings. The van der Waals surface area contributed by atoms with E-state index in [0.29, 0.717) is 5.56 Å². The molecule has 2 rings (SSSR count). The van der Waals surface area contributed by atoms with Gasteiger partial charge >= 0.3 is 0 Å². The van der Waals surface area contributed by atoms with Gasteiger partial charge in [0.2, 0.25) is 10.0 Å². The maximum atomic E-state index is 13.6. The first kappa shape index (κ1) is 13.7. The largest absolute Gasteiger partial charge is 0.283 e. The number of nitrogens with one attached hydrogen (secondary N) is 2. The standard InChI is InChI=1S/C12H14FN3O2S/c1-8-3-4-11(13)12(5-8)19(17,18)15-7-10-6-14-16-9(10)2/h3-6,15H,7H2,1-2H3,(H,14,16). The zero-order chi connectivity index (χ0) is 14.0. The Balaban J connectivity index is 2.23. The molecule has 0 aliphatic rings. The highest BCUT2D eigenvalue weighted by Gasteiger charge is 2.19. The Morgan fingerprint density at radius 3 is 2.74 bits per heavy atom. The maximum Gasteiger partial charge on any atom is 0.243 e. The van der Waals surface area contributed by atoms with Gasteiger partial charge in [0.25, 0.3) is 0 Å². The van der Waals surface area contributed by atoms with E-state index in [1.54, 1.807) is 13.8 Å². The van der Waals surface area contributed by atoms with E-state index in [1.807, 2.05) is 0 Å². The minimum Gasteiger partial charge on any atom is -0.283 e. The topological polar surface area (TPSA) is 74.8 Å². The van der Waals surface area contributed by atoms with Crippen LogP contribution in [0.5, 0.6) is 0 Å². The van der Waals surface area contributed by atoms with Crippen LogP contribution in [0, 0.1) is 19.7 Å². The fourth-order valence-electron chi connectivity index (χ4n) is 1.62. The number of aromatic nitrogens is 2. The van der Waals surface area contributed by atoms with Crippen LogP contribution in [-0.4, -0.2) is 18.6 Å². The van der Waals surface area contributed by atoms with Crippen LogP contribution in [-0.2, 0) is 16.6 Å². The van der Waals surface area contributed by atoms with Crippen molar-refractivity contribution in [3.63, 3.8) is 0 Å². The summed E-state index contributed by atoms with van der Waals surface area (Å²) in [6.45, 7) is 3.56. The molecule has 102 valence electrons. The molecule has 0 fully saturated rings. The molecule has 0 amide bonds. The monoisotopic (exact) mass is 283 g/mol. The molecule has 5 nitrogen and oxygen atoms in total. The molecule has 0 aliphatic carbocycles. The summed E-state index contributed by atoms with van der Waals surface area (Å²) < 4.78 is 40.0. The summed E-state index contributed by atoms with van der Waals surface area (Å²) in [6.07, 6.45) is 1.53. The van der Waals surface area contributed by atoms with Gasteiger partial charge in [-0.2, -0.15) is 5.10 Å². The summed E-state index contributed by atoms with van der Waals surface area (Å²) in [7, 11) is -3.87. The number of aromatic amines is 1. The highest BCUT2D eigenvalue weighted by atomic mass is 32.2. The Hall–Kier alpha value is -1.73. The minimum atomic E-state index is -3.87. The van der Waals surface area contributed by atoms with Gasteiger partial charge in [-0.05, 0) is 31.5 Å². The quantitative estimate of drug-likeness (QED) is 0.895. The Morgan fingerprint density at radius 2 is 2.11 bits per heavy atom. The second kappa shape index (κ2) is 5.10. The summed E-state index contributed by atoms with van der Waals surface area (Å²) in [5.41, 5.74) is 2.17. The molecule has 0 bridgehead atoms. The number of rotatable bonds is 4. The molecule has 2 N–H and O–H groups in total. The molecule has 0 spiro atoms. The van der Waals surface area contributed by atoms with Crippen molar-refractivity contribution in [2.45, 2.75) is 25.3 Å². The molecule has 0 unspecified atom stereocenters. The third-order valence-corrected chi connectivity index (χ3v) is 4.18. The van der Waals surface area contributed by atoms with E-state index < -0.39 is 15.8 Å². The van der Waals surface area contributed by atoms with Crippen molar-refractivity contribution in [3.8, 4) is 0 Å². The molecule has 1 heterocycles. The van der Waals surface area contributed by atoms with Crippen molar-refractivity contribution in [1.29, 1.82) is 0 Å². The lowest BCUT2D eigenvalue weighted by Crippen LogP contribution is -2.24. The maximum absolute atomic E-state index is 13.6. The van der Waals surface area contributed by atoms with Crippen LogP contribution in [0.2, 0.25) is 0 Å². The first-order valence-corrected chi connectivity index (χ1v) is 7.13. The molecule has 1 aromatic heterocycles. The van der Waals surface area contributed by atoms with Crippen molar-refractivity contribution in [2.75, 3.05) is 0 Å². The normalized spacial score (nSPS) is 11.7. The van der Waals surface area contributed by atoms with E-state index >= 15 is 0 Å². The molecule has 0 aliphatic heterocycles. The van der Waals surface area contributed by atoms with Crippen LogP contribution in [0.3, 0.4) is 0 Å². The number of H-pyrrole nitrogens is 1. The predicted molar refractivity (Wildman–Crippen MR) is 68.5 cm³/mol. The second-order valence-corrected chi connectivity index (χ2v) is 6.01. The van der Waals surface area contributed by atoms with E-state index in [9.17, 15) is 12.8 Å². The fraction of sp³-hybridized carbons (Fsp3) is 0.250. The van der Waals surface area contributed by atoms with E-state index in [4.69, 9.17) is 0 Å². The lowest BCUT2D eigenvalue weighted by atomic mass is 10.2. The van der Waals surface area contributed by atoms with Crippen molar-refractivity contribution >= 4 is 10.0 Å². The van der Waals surface area contributed by atoms with Crippen molar-refractivity contribution in [2.24, 2.45) is 0 Å². The lowest BCUT2D eigenvalue weighted by molar-refractivity contribution is 0.556. The number of aryl methyl sites for hydroxylation is 2. The molecular formula is C12H14FN3O2S. The Labute approximate surface area is 110 Å².